The summed E-state index contributed by atoms with van der Waals surface area (Å²) < 4.78 is 1.90. The molecule has 0 saturated carbocycles. The molecule has 0 aliphatic carbocycles. The standard InChI is InChI=1S/C18H15ClN4/c1-11-21-10-16-8-13-2-5-14(19)9-17(13)18(22-23(11)16)12-3-6-15(20)7-4-12/h2-7,9-10H,8,20H2,1H3. The fourth-order valence-electron chi connectivity index (χ4n) is 2.87. The molecule has 114 valence electrons. The number of nitrogen functional groups attached to an aromatic ring is 1. The number of benzene rings is 2. The van der Waals surface area contributed by atoms with Gasteiger partial charge in [-0.2, -0.15) is 5.10 Å². The molecule has 0 unspecified atom stereocenters. The molecular weight excluding hydrogens is 308 g/mol. The van der Waals surface area contributed by atoms with E-state index < -0.39 is 0 Å². The van der Waals surface area contributed by atoms with Crippen LogP contribution in [0.5, 0.6) is 0 Å². The number of rotatable bonds is 1. The van der Waals surface area contributed by atoms with Crippen LogP contribution in [0.2, 0.25) is 5.02 Å². The van der Waals surface area contributed by atoms with Gasteiger partial charge in [-0.3, -0.25) is 0 Å². The van der Waals surface area contributed by atoms with Gasteiger partial charge in [-0.25, -0.2) is 9.66 Å². The average Bonchev–Trinajstić information content (AvgIpc) is 2.79. The van der Waals surface area contributed by atoms with Gasteiger partial charge in [0.15, 0.2) is 0 Å². The van der Waals surface area contributed by atoms with Crippen molar-refractivity contribution in [1.82, 2.24) is 9.66 Å². The first kappa shape index (κ1) is 14.0. The summed E-state index contributed by atoms with van der Waals surface area (Å²) >= 11 is 6.23. The third kappa shape index (κ3) is 2.41. The van der Waals surface area contributed by atoms with Gasteiger partial charge in [0.1, 0.15) is 5.82 Å². The number of halogens is 1. The largest absolute Gasteiger partial charge is 0.399 e. The van der Waals surface area contributed by atoms with Crippen molar-refractivity contribution in [3.63, 3.8) is 0 Å². The predicted octanol–water partition coefficient (Wildman–Crippen LogP) is 3.63. The third-order valence-corrected chi connectivity index (χ3v) is 4.30. The molecular formula is C18H15ClN4. The summed E-state index contributed by atoms with van der Waals surface area (Å²) in [6.45, 7) is 1.95. The van der Waals surface area contributed by atoms with Crippen LogP contribution in [0.4, 0.5) is 5.69 Å². The number of aromatic nitrogens is 2. The molecule has 23 heavy (non-hydrogen) atoms. The van der Waals surface area contributed by atoms with E-state index in [4.69, 9.17) is 22.4 Å². The molecule has 4 nitrogen and oxygen atoms in total. The van der Waals surface area contributed by atoms with E-state index >= 15 is 0 Å². The highest BCUT2D eigenvalue weighted by Crippen LogP contribution is 2.26. The smallest absolute Gasteiger partial charge is 0.127 e. The topological polar surface area (TPSA) is 56.2 Å². The molecule has 2 heterocycles. The highest BCUT2D eigenvalue weighted by molar-refractivity contribution is 6.31. The fourth-order valence-corrected chi connectivity index (χ4v) is 3.04. The van der Waals surface area contributed by atoms with Gasteiger partial charge >= 0.3 is 0 Å². The van der Waals surface area contributed by atoms with E-state index in [-0.39, 0.29) is 0 Å². The summed E-state index contributed by atoms with van der Waals surface area (Å²) in [6.07, 6.45) is 2.65. The van der Waals surface area contributed by atoms with Crippen molar-refractivity contribution in [1.29, 1.82) is 0 Å². The monoisotopic (exact) mass is 322 g/mol. The Kier molecular flexibility index (Phi) is 3.20. The van der Waals surface area contributed by atoms with Crippen molar-refractivity contribution in [3.8, 4) is 0 Å². The molecule has 5 heteroatoms. The molecule has 0 fully saturated rings. The van der Waals surface area contributed by atoms with Gasteiger partial charge in [-0.05, 0) is 36.8 Å². The van der Waals surface area contributed by atoms with Crippen LogP contribution in [0, 0.1) is 6.92 Å². The zero-order valence-electron chi connectivity index (χ0n) is 12.6. The minimum Gasteiger partial charge on any atom is -0.399 e. The maximum atomic E-state index is 6.23. The molecule has 0 saturated heterocycles. The van der Waals surface area contributed by atoms with Crippen LogP contribution in [-0.4, -0.2) is 15.4 Å². The summed E-state index contributed by atoms with van der Waals surface area (Å²) in [5.74, 6) is 0.867. The molecule has 0 amide bonds. The zero-order valence-corrected chi connectivity index (χ0v) is 13.4. The minimum atomic E-state index is 0.702. The number of nitrogens with zero attached hydrogens (tertiary/aromatic N) is 3. The van der Waals surface area contributed by atoms with Gasteiger partial charge in [0.05, 0.1) is 17.6 Å². The van der Waals surface area contributed by atoms with Crippen LogP contribution in [-0.2, 0) is 6.42 Å². The first-order valence-electron chi connectivity index (χ1n) is 7.39. The maximum absolute atomic E-state index is 6.23. The van der Waals surface area contributed by atoms with Crippen molar-refractivity contribution < 1.29 is 0 Å². The van der Waals surface area contributed by atoms with Gasteiger partial charge in [0, 0.05) is 28.3 Å². The summed E-state index contributed by atoms with van der Waals surface area (Å²) in [5.41, 5.74) is 11.7. The normalized spacial score (nSPS) is 13.0. The Hall–Kier alpha value is -2.59. The van der Waals surface area contributed by atoms with E-state index in [2.05, 4.69) is 11.1 Å². The van der Waals surface area contributed by atoms with E-state index in [1.165, 1.54) is 5.56 Å². The summed E-state index contributed by atoms with van der Waals surface area (Å²) in [7, 11) is 0. The Morgan fingerprint density at radius 1 is 1.13 bits per heavy atom. The van der Waals surface area contributed by atoms with E-state index in [1.54, 1.807) is 0 Å². The van der Waals surface area contributed by atoms with E-state index in [0.29, 0.717) is 5.02 Å². The maximum Gasteiger partial charge on any atom is 0.127 e. The SMILES string of the molecule is Cc1ncc2n1N=C(c1ccc(N)cc1)c1cc(Cl)ccc1C2. The van der Waals surface area contributed by atoms with Crippen LogP contribution >= 0.6 is 11.6 Å². The van der Waals surface area contributed by atoms with Gasteiger partial charge in [-0.1, -0.05) is 29.8 Å². The Bertz CT molecular complexity index is 923. The van der Waals surface area contributed by atoms with Crippen LogP contribution in [0.15, 0.2) is 53.8 Å². The number of imidazole rings is 1. The second-order valence-electron chi connectivity index (χ2n) is 5.66. The lowest BCUT2D eigenvalue weighted by atomic mass is 9.95. The molecule has 0 atom stereocenters. The molecule has 1 aliphatic rings. The predicted molar refractivity (Wildman–Crippen MR) is 93.1 cm³/mol. The lowest BCUT2D eigenvalue weighted by molar-refractivity contribution is 0.787. The second-order valence-corrected chi connectivity index (χ2v) is 6.09. The van der Waals surface area contributed by atoms with E-state index in [0.717, 1.165) is 40.5 Å². The molecule has 2 aromatic carbocycles. The zero-order chi connectivity index (χ0) is 16.0. The minimum absolute atomic E-state index is 0.702. The average molecular weight is 323 g/mol. The quantitative estimate of drug-likeness (QED) is 0.544. The highest BCUT2D eigenvalue weighted by atomic mass is 35.5. The van der Waals surface area contributed by atoms with Crippen LogP contribution in [0.3, 0.4) is 0 Å². The van der Waals surface area contributed by atoms with Crippen molar-refractivity contribution in [2.75, 3.05) is 5.73 Å². The van der Waals surface area contributed by atoms with E-state index in [9.17, 15) is 0 Å². The number of fused-ring (bicyclic) bond motifs is 2. The van der Waals surface area contributed by atoms with Gasteiger partial charge in [-0.15, -0.1) is 0 Å². The summed E-state index contributed by atoms with van der Waals surface area (Å²) in [6, 6.07) is 13.7. The molecule has 1 aromatic heterocycles. The first-order chi connectivity index (χ1) is 11.1. The lowest BCUT2D eigenvalue weighted by Crippen LogP contribution is -2.07. The van der Waals surface area contributed by atoms with Gasteiger partial charge in [0.2, 0.25) is 0 Å². The molecule has 3 aromatic rings. The van der Waals surface area contributed by atoms with Gasteiger partial charge in [0.25, 0.3) is 0 Å². The first-order valence-corrected chi connectivity index (χ1v) is 7.76. The summed E-state index contributed by atoms with van der Waals surface area (Å²) in [5, 5.41) is 5.55. The third-order valence-electron chi connectivity index (χ3n) is 4.06. The van der Waals surface area contributed by atoms with E-state index in [1.807, 2.05) is 54.2 Å². The number of hydrogen-bond donors (Lipinski definition) is 1. The Morgan fingerprint density at radius 3 is 2.70 bits per heavy atom. The fraction of sp³-hybridized carbons (Fsp3) is 0.111. The summed E-state index contributed by atoms with van der Waals surface area (Å²) in [4.78, 5) is 4.38. The van der Waals surface area contributed by atoms with Crippen molar-refractivity contribution >= 4 is 23.0 Å². The van der Waals surface area contributed by atoms with Crippen molar-refractivity contribution in [3.05, 3.63) is 81.9 Å². The Labute approximate surface area is 139 Å². The van der Waals surface area contributed by atoms with Crippen molar-refractivity contribution in [2.24, 2.45) is 5.10 Å². The molecule has 4 rings (SSSR count). The number of aryl methyl sites for hydroxylation is 1. The molecule has 0 bridgehead atoms. The number of nitrogens with two attached hydrogens (primary N) is 1. The molecule has 0 spiro atoms. The van der Waals surface area contributed by atoms with Crippen molar-refractivity contribution in [2.45, 2.75) is 13.3 Å². The van der Waals surface area contributed by atoms with Crippen LogP contribution < -0.4 is 5.73 Å². The van der Waals surface area contributed by atoms with Gasteiger partial charge < -0.3 is 5.73 Å². The highest BCUT2D eigenvalue weighted by Gasteiger charge is 2.20. The Balaban J connectivity index is 2.00. The Morgan fingerprint density at radius 2 is 1.91 bits per heavy atom. The molecule has 1 aliphatic heterocycles. The second kappa shape index (κ2) is 5.25. The number of hydrogen-bond acceptors (Lipinski definition) is 3. The van der Waals surface area contributed by atoms with Crippen LogP contribution in [0.25, 0.3) is 0 Å². The molecule has 0 radical (unpaired) electrons. The van der Waals surface area contributed by atoms with Crippen LogP contribution in [0.1, 0.15) is 28.2 Å². The molecule has 2 N–H and O–H groups in total. The lowest BCUT2D eigenvalue weighted by Gasteiger charge is -2.10. The number of anilines is 1.